The number of hydrogen-bond donors (Lipinski definition) is 3. The monoisotopic (exact) mass is 282 g/mol. The summed E-state index contributed by atoms with van der Waals surface area (Å²) in [4.78, 5) is 26.5. The molecular weight excluding hydrogens is 272 g/mol. The third-order valence-corrected chi connectivity index (χ3v) is 2.56. The molecule has 104 valence electrons. The van der Waals surface area contributed by atoms with E-state index in [0.29, 0.717) is 5.69 Å². The number of aromatic nitrogens is 1. The van der Waals surface area contributed by atoms with Gasteiger partial charge in [0.25, 0.3) is 5.91 Å². The van der Waals surface area contributed by atoms with E-state index in [9.17, 15) is 9.59 Å². The molecule has 0 saturated heterocycles. The summed E-state index contributed by atoms with van der Waals surface area (Å²) in [5.74, 6) is -0.452. The summed E-state index contributed by atoms with van der Waals surface area (Å²) < 4.78 is 0. The molecule has 0 aliphatic carbocycles. The van der Waals surface area contributed by atoms with Crippen LogP contribution in [0.25, 0.3) is 0 Å². The maximum Gasteiger partial charge on any atom is 0.409 e. The molecule has 3 N–H and O–H groups in total. The van der Waals surface area contributed by atoms with Crippen molar-refractivity contribution in [3.05, 3.63) is 53.9 Å². The van der Waals surface area contributed by atoms with Crippen molar-refractivity contribution in [2.24, 2.45) is 0 Å². The largest absolute Gasteiger partial charge is 0.465 e. The molecule has 0 bridgehead atoms. The number of anilines is 2. The topological polar surface area (TPSA) is 115 Å². The first-order chi connectivity index (χ1) is 10.1. The van der Waals surface area contributed by atoms with Crippen LogP contribution in [0, 0.1) is 11.3 Å². The van der Waals surface area contributed by atoms with Crippen LogP contribution >= 0.6 is 0 Å². The highest BCUT2D eigenvalue weighted by Gasteiger charge is 2.10. The molecule has 0 atom stereocenters. The van der Waals surface area contributed by atoms with Gasteiger partial charge in [0.2, 0.25) is 0 Å². The van der Waals surface area contributed by atoms with Crippen LogP contribution in [0.4, 0.5) is 16.2 Å². The number of carbonyl (C=O) groups excluding carboxylic acids is 1. The van der Waals surface area contributed by atoms with E-state index in [4.69, 9.17) is 10.4 Å². The third kappa shape index (κ3) is 3.54. The summed E-state index contributed by atoms with van der Waals surface area (Å²) in [6.07, 6.45) is 0.0537. The second-order valence-electron chi connectivity index (χ2n) is 3.97. The number of nitriles is 1. The lowest BCUT2D eigenvalue weighted by Gasteiger charge is -2.10. The SMILES string of the molecule is N#Cc1ccc(C(=O)Nc2ccccc2NC(=O)O)cn1. The quantitative estimate of drug-likeness (QED) is 0.798. The summed E-state index contributed by atoms with van der Waals surface area (Å²) in [6, 6.07) is 11.2. The van der Waals surface area contributed by atoms with Gasteiger partial charge in [-0.15, -0.1) is 0 Å². The molecule has 0 spiro atoms. The predicted octanol–water partition coefficient (Wildman–Crippen LogP) is 2.30. The minimum atomic E-state index is -1.23. The van der Waals surface area contributed by atoms with Crippen molar-refractivity contribution in [3.63, 3.8) is 0 Å². The fourth-order valence-electron chi connectivity index (χ4n) is 1.61. The van der Waals surface area contributed by atoms with Crippen molar-refractivity contribution >= 4 is 23.4 Å². The van der Waals surface area contributed by atoms with Crippen molar-refractivity contribution in [3.8, 4) is 6.07 Å². The molecule has 0 radical (unpaired) electrons. The van der Waals surface area contributed by atoms with Crippen LogP contribution in [0.3, 0.4) is 0 Å². The Morgan fingerprint density at radius 3 is 2.29 bits per heavy atom. The standard InChI is InChI=1S/C14H10N4O3/c15-7-10-6-5-9(8-16-10)13(19)17-11-3-1-2-4-12(11)18-14(20)21/h1-6,8,18H,(H,17,19)(H,20,21). The average molecular weight is 282 g/mol. The lowest BCUT2D eigenvalue weighted by atomic mass is 10.2. The maximum atomic E-state index is 12.0. The highest BCUT2D eigenvalue weighted by atomic mass is 16.4. The first kappa shape index (κ1) is 14.0. The van der Waals surface area contributed by atoms with E-state index in [2.05, 4.69) is 15.6 Å². The number of pyridine rings is 1. The van der Waals surface area contributed by atoms with E-state index >= 15 is 0 Å². The van der Waals surface area contributed by atoms with Gasteiger partial charge in [0.15, 0.2) is 0 Å². The van der Waals surface area contributed by atoms with Gasteiger partial charge in [-0.3, -0.25) is 10.1 Å². The number of amides is 2. The van der Waals surface area contributed by atoms with E-state index in [-0.39, 0.29) is 16.9 Å². The molecule has 2 amide bonds. The van der Waals surface area contributed by atoms with Crippen molar-refractivity contribution in [2.75, 3.05) is 10.6 Å². The summed E-state index contributed by atoms with van der Waals surface area (Å²) in [5.41, 5.74) is 1.06. The Bertz CT molecular complexity index is 720. The third-order valence-electron chi connectivity index (χ3n) is 2.56. The summed E-state index contributed by atoms with van der Waals surface area (Å²) in [6.45, 7) is 0. The van der Waals surface area contributed by atoms with Gasteiger partial charge in [0, 0.05) is 6.20 Å². The highest BCUT2D eigenvalue weighted by Crippen LogP contribution is 2.21. The lowest BCUT2D eigenvalue weighted by Crippen LogP contribution is -2.15. The molecular formula is C14H10N4O3. The van der Waals surface area contributed by atoms with Crippen LogP contribution in [0.5, 0.6) is 0 Å². The number of hydrogen-bond acceptors (Lipinski definition) is 4. The molecule has 1 aromatic heterocycles. The van der Waals surface area contributed by atoms with Gasteiger partial charge in [-0.1, -0.05) is 12.1 Å². The number of rotatable bonds is 3. The zero-order valence-electron chi connectivity index (χ0n) is 10.7. The molecule has 0 aliphatic rings. The van der Waals surface area contributed by atoms with Gasteiger partial charge < -0.3 is 10.4 Å². The predicted molar refractivity (Wildman–Crippen MR) is 75.0 cm³/mol. The molecule has 21 heavy (non-hydrogen) atoms. The molecule has 7 nitrogen and oxygen atoms in total. The molecule has 0 aliphatic heterocycles. The van der Waals surface area contributed by atoms with Crippen LogP contribution in [0.1, 0.15) is 16.1 Å². The Morgan fingerprint density at radius 2 is 1.76 bits per heavy atom. The van der Waals surface area contributed by atoms with Crippen LogP contribution < -0.4 is 10.6 Å². The van der Waals surface area contributed by atoms with Crippen molar-refractivity contribution in [1.82, 2.24) is 4.98 Å². The highest BCUT2D eigenvalue weighted by molar-refractivity contribution is 6.06. The van der Waals surface area contributed by atoms with Gasteiger partial charge in [-0.05, 0) is 24.3 Å². The second kappa shape index (κ2) is 6.16. The fourth-order valence-corrected chi connectivity index (χ4v) is 1.61. The number of carbonyl (C=O) groups is 2. The maximum absolute atomic E-state index is 12.0. The zero-order chi connectivity index (χ0) is 15.2. The normalized spacial score (nSPS) is 9.48. The minimum Gasteiger partial charge on any atom is -0.465 e. The molecule has 7 heteroatoms. The van der Waals surface area contributed by atoms with E-state index in [1.165, 1.54) is 24.4 Å². The summed E-state index contributed by atoms with van der Waals surface area (Å²) in [5, 5.41) is 22.2. The minimum absolute atomic E-state index is 0.208. The van der Waals surface area contributed by atoms with Gasteiger partial charge >= 0.3 is 6.09 Å². The van der Waals surface area contributed by atoms with Crippen molar-refractivity contribution < 1.29 is 14.7 Å². The van der Waals surface area contributed by atoms with Gasteiger partial charge in [0.05, 0.1) is 16.9 Å². The van der Waals surface area contributed by atoms with Gasteiger partial charge in [-0.2, -0.15) is 5.26 Å². The molecule has 1 heterocycles. The molecule has 1 aromatic carbocycles. The number of benzene rings is 1. The Kier molecular flexibility index (Phi) is 4.11. The number of nitrogens with one attached hydrogen (secondary N) is 2. The molecule has 0 unspecified atom stereocenters. The first-order valence-electron chi connectivity index (χ1n) is 5.86. The van der Waals surface area contributed by atoms with Crippen LogP contribution in [0.15, 0.2) is 42.6 Å². The first-order valence-corrected chi connectivity index (χ1v) is 5.86. The van der Waals surface area contributed by atoms with E-state index in [1.807, 2.05) is 6.07 Å². The van der Waals surface area contributed by atoms with Gasteiger partial charge in [-0.25, -0.2) is 9.78 Å². The summed E-state index contributed by atoms with van der Waals surface area (Å²) in [7, 11) is 0. The van der Waals surface area contributed by atoms with Crippen molar-refractivity contribution in [1.29, 1.82) is 5.26 Å². The van der Waals surface area contributed by atoms with Crippen molar-refractivity contribution in [2.45, 2.75) is 0 Å². The molecule has 0 saturated carbocycles. The Hall–Kier alpha value is -3.40. The Labute approximate surface area is 119 Å². The number of para-hydroxylation sites is 2. The van der Waals surface area contributed by atoms with E-state index in [0.717, 1.165) is 0 Å². The van der Waals surface area contributed by atoms with Crippen LogP contribution in [-0.4, -0.2) is 22.1 Å². The van der Waals surface area contributed by atoms with Crippen LogP contribution in [-0.2, 0) is 0 Å². The molecule has 0 fully saturated rings. The fraction of sp³-hybridized carbons (Fsp3) is 0. The second-order valence-corrected chi connectivity index (χ2v) is 3.97. The zero-order valence-corrected chi connectivity index (χ0v) is 10.7. The molecule has 2 aromatic rings. The Morgan fingerprint density at radius 1 is 1.10 bits per heavy atom. The van der Waals surface area contributed by atoms with E-state index in [1.54, 1.807) is 18.2 Å². The summed E-state index contributed by atoms with van der Waals surface area (Å²) >= 11 is 0. The number of nitrogens with zero attached hydrogens (tertiary/aromatic N) is 2. The van der Waals surface area contributed by atoms with Gasteiger partial charge in [0.1, 0.15) is 11.8 Å². The number of carboxylic acid groups (broad SMARTS) is 1. The Balaban J connectivity index is 2.19. The van der Waals surface area contributed by atoms with E-state index < -0.39 is 12.0 Å². The molecule has 2 rings (SSSR count). The average Bonchev–Trinajstić information content (AvgIpc) is 2.49. The lowest BCUT2D eigenvalue weighted by molar-refractivity contribution is 0.102. The smallest absolute Gasteiger partial charge is 0.409 e. The van der Waals surface area contributed by atoms with Crippen LogP contribution in [0.2, 0.25) is 0 Å².